The largest absolute Gasteiger partial charge is 0.490 e. The van der Waals surface area contributed by atoms with Gasteiger partial charge in [0.25, 0.3) is 0 Å². The van der Waals surface area contributed by atoms with Gasteiger partial charge in [0.15, 0.2) is 11.5 Å². The minimum Gasteiger partial charge on any atom is -0.490 e. The third-order valence-electron chi connectivity index (χ3n) is 5.59. The summed E-state index contributed by atoms with van der Waals surface area (Å²) in [5.74, 6) is 0.618. The van der Waals surface area contributed by atoms with E-state index in [1.807, 2.05) is 18.2 Å². The second kappa shape index (κ2) is 8.53. The minimum atomic E-state index is -4.08. The Bertz CT molecular complexity index is 1380. The Labute approximate surface area is 191 Å². The van der Waals surface area contributed by atoms with E-state index < -0.39 is 21.9 Å². The van der Waals surface area contributed by atoms with Crippen molar-refractivity contribution in [3.8, 4) is 11.5 Å². The first-order valence-corrected chi connectivity index (χ1v) is 12.1. The second-order valence-corrected chi connectivity index (χ2v) is 9.58. The van der Waals surface area contributed by atoms with Gasteiger partial charge in [0.1, 0.15) is 23.2 Å². The first-order valence-electron chi connectivity index (χ1n) is 10.6. The van der Waals surface area contributed by atoms with Crippen molar-refractivity contribution in [3.05, 3.63) is 89.4 Å². The van der Waals surface area contributed by atoms with Crippen LogP contribution in [0.1, 0.15) is 29.3 Å². The molecule has 2 heterocycles. The maximum Gasteiger partial charge on any atom is 0.241 e. The lowest BCUT2D eigenvalue weighted by Crippen LogP contribution is -2.30. The third kappa shape index (κ3) is 4.19. The summed E-state index contributed by atoms with van der Waals surface area (Å²) in [5.41, 5.74) is 1.39. The Morgan fingerprint density at radius 1 is 0.939 bits per heavy atom. The van der Waals surface area contributed by atoms with E-state index in [1.54, 1.807) is 37.3 Å². The summed E-state index contributed by atoms with van der Waals surface area (Å²) in [6.07, 6.45) is 0.704. The van der Waals surface area contributed by atoms with E-state index in [9.17, 15) is 12.8 Å². The molecular weight excluding hydrogens is 445 g/mol. The molecule has 3 aromatic carbocycles. The average molecular weight is 468 g/mol. The number of rotatable bonds is 5. The molecular formula is C25H22FNO5S. The normalized spacial score (nSPS) is 14.7. The van der Waals surface area contributed by atoms with Crippen molar-refractivity contribution in [2.45, 2.75) is 24.3 Å². The maximum atomic E-state index is 15.0. The van der Waals surface area contributed by atoms with Crippen LogP contribution in [0, 0.1) is 12.7 Å². The van der Waals surface area contributed by atoms with Gasteiger partial charge < -0.3 is 13.9 Å². The van der Waals surface area contributed by atoms with E-state index in [0.717, 1.165) is 5.39 Å². The predicted octanol–water partition coefficient (Wildman–Crippen LogP) is 5.11. The van der Waals surface area contributed by atoms with Gasteiger partial charge in [0.2, 0.25) is 10.0 Å². The van der Waals surface area contributed by atoms with Gasteiger partial charge in [0.05, 0.1) is 18.1 Å². The number of nitrogens with one attached hydrogen (secondary N) is 1. The van der Waals surface area contributed by atoms with Gasteiger partial charge in [-0.2, -0.15) is 4.72 Å². The molecule has 170 valence electrons. The van der Waals surface area contributed by atoms with Crippen LogP contribution < -0.4 is 14.2 Å². The molecule has 4 aromatic rings. The van der Waals surface area contributed by atoms with Crippen LogP contribution >= 0.6 is 0 Å². The highest BCUT2D eigenvalue weighted by Crippen LogP contribution is 2.35. The highest BCUT2D eigenvalue weighted by atomic mass is 32.2. The monoisotopic (exact) mass is 467 g/mol. The van der Waals surface area contributed by atoms with E-state index in [2.05, 4.69) is 4.72 Å². The zero-order chi connectivity index (χ0) is 23.0. The molecule has 1 aliphatic rings. The number of ether oxygens (including phenoxy) is 2. The van der Waals surface area contributed by atoms with Crippen molar-refractivity contribution >= 4 is 21.0 Å². The molecule has 6 nitrogen and oxygen atoms in total. The molecule has 0 aliphatic carbocycles. The standard InChI is InChI=1S/C25H22FNO5S/c1-16-6-4-8-19(26)24(16)25(23-14-17-7-2-3-9-20(17)32-23)27-33(28,29)18-10-11-21-22(15-18)31-13-5-12-30-21/h2-4,6-11,14-15,25,27H,5,12-13H2,1H3/t25-/m1/s1. The van der Waals surface area contributed by atoms with Crippen LogP contribution in [0.3, 0.4) is 0 Å². The van der Waals surface area contributed by atoms with Crippen molar-refractivity contribution < 1.29 is 26.7 Å². The van der Waals surface area contributed by atoms with Crippen LogP contribution in [0.25, 0.3) is 11.0 Å². The van der Waals surface area contributed by atoms with Crippen molar-refractivity contribution in [3.63, 3.8) is 0 Å². The number of halogens is 1. The Morgan fingerprint density at radius 2 is 1.73 bits per heavy atom. The van der Waals surface area contributed by atoms with Gasteiger partial charge in [0, 0.05) is 23.4 Å². The number of sulfonamides is 1. The van der Waals surface area contributed by atoms with Crippen LogP contribution in [0.4, 0.5) is 4.39 Å². The van der Waals surface area contributed by atoms with Crippen LogP contribution in [-0.4, -0.2) is 21.6 Å². The smallest absolute Gasteiger partial charge is 0.241 e. The Balaban J connectivity index is 1.59. The summed E-state index contributed by atoms with van der Waals surface area (Å²) in [7, 11) is -4.08. The fourth-order valence-corrected chi connectivity index (χ4v) is 5.14. The molecule has 0 fully saturated rings. The molecule has 0 bridgehead atoms. The molecule has 0 spiro atoms. The molecule has 8 heteroatoms. The van der Waals surface area contributed by atoms with Crippen LogP contribution in [0.2, 0.25) is 0 Å². The van der Waals surface area contributed by atoms with E-state index in [4.69, 9.17) is 13.9 Å². The Kier molecular flexibility index (Phi) is 5.55. The Morgan fingerprint density at radius 3 is 2.52 bits per heavy atom. The SMILES string of the molecule is Cc1cccc(F)c1[C@H](NS(=O)(=O)c1ccc2c(c1)OCCCO2)c1cc2ccccc2o1. The number of aryl methyl sites for hydroxylation is 1. The quantitative estimate of drug-likeness (QED) is 0.441. The number of benzene rings is 3. The van der Waals surface area contributed by atoms with E-state index in [0.29, 0.717) is 48.0 Å². The summed E-state index contributed by atoms with van der Waals surface area (Å²) in [6, 6.07) is 17.0. The van der Waals surface area contributed by atoms with Crippen LogP contribution in [0.15, 0.2) is 76.0 Å². The van der Waals surface area contributed by atoms with Crippen LogP contribution in [-0.2, 0) is 10.0 Å². The minimum absolute atomic E-state index is 0.0122. The molecule has 0 saturated carbocycles. The lowest BCUT2D eigenvalue weighted by molar-refractivity contribution is 0.297. The first-order chi connectivity index (χ1) is 15.9. The maximum absolute atomic E-state index is 15.0. The summed E-state index contributed by atoms with van der Waals surface area (Å²) in [4.78, 5) is -0.0122. The average Bonchev–Trinajstić information content (AvgIpc) is 3.08. The van der Waals surface area contributed by atoms with Crippen molar-refractivity contribution in [2.75, 3.05) is 13.2 Å². The van der Waals surface area contributed by atoms with Gasteiger partial charge in [-0.25, -0.2) is 12.8 Å². The van der Waals surface area contributed by atoms with E-state index in [-0.39, 0.29) is 10.5 Å². The first kappa shape index (κ1) is 21.5. The molecule has 0 unspecified atom stereocenters. The van der Waals surface area contributed by atoms with E-state index >= 15 is 0 Å². The molecule has 0 amide bonds. The lowest BCUT2D eigenvalue weighted by Gasteiger charge is -2.20. The highest BCUT2D eigenvalue weighted by Gasteiger charge is 2.30. The van der Waals surface area contributed by atoms with Crippen LogP contribution in [0.5, 0.6) is 11.5 Å². The number of furan rings is 1. The summed E-state index contributed by atoms with van der Waals surface area (Å²) in [6.45, 7) is 2.66. The van der Waals surface area contributed by atoms with Gasteiger partial charge in [-0.1, -0.05) is 30.3 Å². The predicted molar refractivity (Wildman–Crippen MR) is 122 cm³/mol. The van der Waals surface area contributed by atoms with Gasteiger partial charge in [-0.3, -0.25) is 0 Å². The molecule has 1 aromatic heterocycles. The van der Waals surface area contributed by atoms with Gasteiger partial charge in [-0.15, -0.1) is 0 Å². The molecule has 1 N–H and O–H groups in total. The van der Waals surface area contributed by atoms with Gasteiger partial charge >= 0.3 is 0 Å². The van der Waals surface area contributed by atoms with Crippen molar-refractivity contribution in [1.82, 2.24) is 4.72 Å². The number of fused-ring (bicyclic) bond motifs is 2. The number of hydrogen-bond donors (Lipinski definition) is 1. The second-order valence-electron chi connectivity index (χ2n) is 7.87. The molecule has 5 rings (SSSR count). The zero-order valence-corrected chi connectivity index (χ0v) is 18.7. The number of hydrogen-bond acceptors (Lipinski definition) is 5. The van der Waals surface area contributed by atoms with Gasteiger partial charge in [-0.05, 0) is 42.8 Å². The summed E-state index contributed by atoms with van der Waals surface area (Å²) < 4.78 is 61.7. The van der Waals surface area contributed by atoms with E-state index in [1.165, 1.54) is 18.2 Å². The summed E-state index contributed by atoms with van der Waals surface area (Å²) >= 11 is 0. The zero-order valence-electron chi connectivity index (χ0n) is 17.9. The van der Waals surface area contributed by atoms with Crippen molar-refractivity contribution in [2.24, 2.45) is 0 Å². The lowest BCUT2D eigenvalue weighted by atomic mass is 9.99. The summed E-state index contributed by atoms with van der Waals surface area (Å²) in [5, 5.41) is 0.793. The number of para-hydroxylation sites is 1. The topological polar surface area (TPSA) is 77.8 Å². The fourth-order valence-electron chi connectivity index (χ4n) is 3.95. The molecule has 1 aliphatic heterocycles. The molecule has 1 atom stereocenters. The molecule has 0 saturated heterocycles. The Hall–Kier alpha value is -3.36. The third-order valence-corrected chi connectivity index (χ3v) is 7.01. The fraction of sp³-hybridized carbons (Fsp3) is 0.200. The highest BCUT2D eigenvalue weighted by molar-refractivity contribution is 7.89. The molecule has 0 radical (unpaired) electrons. The molecule has 33 heavy (non-hydrogen) atoms. The van der Waals surface area contributed by atoms with Crippen molar-refractivity contribution in [1.29, 1.82) is 0 Å².